The van der Waals surface area contributed by atoms with Crippen LogP contribution in [0.15, 0.2) is 0 Å². The first-order valence-electron chi connectivity index (χ1n) is 4.71. The highest BCUT2D eigenvalue weighted by atomic mass is 32.1. The number of carboxylic acid groups (broad SMARTS) is 1. The number of aromatic nitrogens is 3. The summed E-state index contributed by atoms with van der Waals surface area (Å²) in [6.07, 6.45) is 1.82. The molecule has 0 aliphatic heterocycles. The molecule has 1 N–H and O–H groups in total. The zero-order valence-electron chi connectivity index (χ0n) is 8.52. The lowest BCUT2D eigenvalue weighted by molar-refractivity contribution is 0.0701. The summed E-state index contributed by atoms with van der Waals surface area (Å²) >= 11 is 1.17. The molecule has 0 aliphatic carbocycles. The van der Waals surface area contributed by atoms with Crippen molar-refractivity contribution in [3.05, 3.63) is 16.4 Å². The second-order valence-corrected chi connectivity index (χ2v) is 4.27. The van der Waals surface area contributed by atoms with Crippen LogP contribution >= 0.6 is 11.3 Å². The minimum absolute atomic E-state index is 0.313. The third-order valence-electron chi connectivity index (χ3n) is 2.13. The van der Waals surface area contributed by atoms with Crippen LogP contribution in [-0.4, -0.2) is 25.7 Å². The predicted molar refractivity (Wildman–Crippen MR) is 56.6 cm³/mol. The number of rotatable bonds is 3. The van der Waals surface area contributed by atoms with Gasteiger partial charge in [-0.3, -0.25) is 0 Å². The number of hydrogen-bond donors (Lipinski definition) is 1. The van der Waals surface area contributed by atoms with Crippen molar-refractivity contribution in [1.82, 2.24) is 14.6 Å². The number of hydrogen-bond acceptors (Lipinski definition) is 4. The summed E-state index contributed by atoms with van der Waals surface area (Å²) in [5.74, 6) is -0.134. The Morgan fingerprint density at radius 3 is 2.87 bits per heavy atom. The molecule has 0 saturated carbocycles. The van der Waals surface area contributed by atoms with E-state index >= 15 is 0 Å². The van der Waals surface area contributed by atoms with E-state index in [4.69, 9.17) is 5.11 Å². The molecule has 2 aromatic rings. The SMILES string of the molecule is CCCc1nc2sc(C(=O)O)c(C)n2n1. The number of thiazole rings is 1. The first-order valence-corrected chi connectivity index (χ1v) is 5.53. The van der Waals surface area contributed by atoms with Gasteiger partial charge in [0.2, 0.25) is 4.96 Å². The maximum absolute atomic E-state index is 10.8. The van der Waals surface area contributed by atoms with E-state index in [1.54, 1.807) is 11.4 Å². The molecule has 0 unspecified atom stereocenters. The van der Waals surface area contributed by atoms with Crippen molar-refractivity contribution in [2.75, 3.05) is 0 Å². The molecule has 0 fully saturated rings. The Morgan fingerprint density at radius 2 is 2.33 bits per heavy atom. The molecule has 2 rings (SSSR count). The van der Waals surface area contributed by atoms with Gasteiger partial charge in [-0.15, -0.1) is 0 Å². The van der Waals surface area contributed by atoms with Gasteiger partial charge in [-0.05, 0) is 13.3 Å². The van der Waals surface area contributed by atoms with E-state index in [-0.39, 0.29) is 0 Å². The summed E-state index contributed by atoms with van der Waals surface area (Å²) in [5.41, 5.74) is 0.650. The number of aryl methyl sites for hydroxylation is 2. The smallest absolute Gasteiger partial charge is 0.347 e. The highest BCUT2D eigenvalue weighted by molar-refractivity contribution is 7.18. The van der Waals surface area contributed by atoms with Crippen molar-refractivity contribution in [1.29, 1.82) is 0 Å². The second kappa shape index (κ2) is 3.62. The van der Waals surface area contributed by atoms with E-state index in [1.165, 1.54) is 11.3 Å². The Labute approximate surface area is 90.4 Å². The third kappa shape index (κ3) is 1.61. The predicted octanol–water partition coefficient (Wildman–Crippen LogP) is 1.75. The molecule has 0 spiro atoms. The maximum atomic E-state index is 10.8. The van der Waals surface area contributed by atoms with Gasteiger partial charge in [-0.25, -0.2) is 14.3 Å². The molecular formula is C9H11N3O2S. The average Bonchev–Trinajstić information content (AvgIpc) is 2.67. The Kier molecular flexibility index (Phi) is 2.44. The number of aromatic carboxylic acids is 1. The number of carbonyl (C=O) groups is 1. The van der Waals surface area contributed by atoms with E-state index in [0.29, 0.717) is 15.5 Å². The average molecular weight is 225 g/mol. The molecule has 0 aliphatic rings. The summed E-state index contributed by atoms with van der Waals surface area (Å²) in [6, 6.07) is 0. The third-order valence-corrected chi connectivity index (χ3v) is 3.25. The van der Waals surface area contributed by atoms with Gasteiger partial charge in [0, 0.05) is 6.42 Å². The van der Waals surface area contributed by atoms with Crippen LogP contribution in [0.1, 0.15) is 34.5 Å². The highest BCUT2D eigenvalue weighted by Gasteiger charge is 2.17. The van der Waals surface area contributed by atoms with Crippen LogP contribution in [0.2, 0.25) is 0 Å². The summed E-state index contributed by atoms with van der Waals surface area (Å²) < 4.78 is 1.61. The van der Waals surface area contributed by atoms with Crippen molar-refractivity contribution < 1.29 is 9.90 Å². The van der Waals surface area contributed by atoms with Crippen molar-refractivity contribution in [2.45, 2.75) is 26.7 Å². The van der Waals surface area contributed by atoms with Crippen LogP contribution in [-0.2, 0) is 6.42 Å². The number of carboxylic acids is 1. The van der Waals surface area contributed by atoms with Gasteiger partial charge in [-0.2, -0.15) is 5.10 Å². The molecular weight excluding hydrogens is 214 g/mol. The maximum Gasteiger partial charge on any atom is 0.347 e. The molecule has 15 heavy (non-hydrogen) atoms. The second-order valence-electron chi connectivity index (χ2n) is 3.29. The monoisotopic (exact) mass is 225 g/mol. The van der Waals surface area contributed by atoms with Crippen molar-refractivity contribution in [2.24, 2.45) is 0 Å². The van der Waals surface area contributed by atoms with Gasteiger partial charge < -0.3 is 5.11 Å². The van der Waals surface area contributed by atoms with Gasteiger partial charge in [0.05, 0.1) is 5.69 Å². The van der Waals surface area contributed by atoms with Gasteiger partial charge in [0.1, 0.15) is 4.88 Å². The summed E-state index contributed by atoms with van der Waals surface area (Å²) in [5, 5.41) is 13.2. The largest absolute Gasteiger partial charge is 0.477 e. The van der Waals surface area contributed by atoms with E-state index in [2.05, 4.69) is 17.0 Å². The van der Waals surface area contributed by atoms with E-state index in [1.807, 2.05) is 0 Å². The van der Waals surface area contributed by atoms with Crippen molar-refractivity contribution in [3.63, 3.8) is 0 Å². The first kappa shape index (κ1) is 10.1. The zero-order chi connectivity index (χ0) is 11.0. The molecule has 0 atom stereocenters. The van der Waals surface area contributed by atoms with Crippen molar-refractivity contribution in [3.8, 4) is 0 Å². The molecule has 80 valence electrons. The van der Waals surface area contributed by atoms with Crippen LogP contribution in [0.4, 0.5) is 0 Å². The van der Waals surface area contributed by atoms with E-state index in [0.717, 1.165) is 18.7 Å². The fourth-order valence-electron chi connectivity index (χ4n) is 1.41. The van der Waals surface area contributed by atoms with Crippen molar-refractivity contribution >= 4 is 22.3 Å². The lowest BCUT2D eigenvalue weighted by atomic mass is 10.3. The molecule has 2 heterocycles. The normalized spacial score (nSPS) is 11.1. The first-order chi connectivity index (χ1) is 7.13. The Morgan fingerprint density at radius 1 is 1.60 bits per heavy atom. The van der Waals surface area contributed by atoms with Crippen LogP contribution < -0.4 is 0 Å². The quantitative estimate of drug-likeness (QED) is 0.864. The lowest BCUT2D eigenvalue weighted by Crippen LogP contribution is -1.98. The Hall–Kier alpha value is -1.43. The highest BCUT2D eigenvalue weighted by Crippen LogP contribution is 2.21. The number of nitrogens with zero attached hydrogens (tertiary/aromatic N) is 3. The topological polar surface area (TPSA) is 67.5 Å². The molecule has 0 aromatic carbocycles. The van der Waals surface area contributed by atoms with Gasteiger partial charge in [0.25, 0.3) is 0 Å². The minimum atomic E-state index is -0.915. The molecule has 2 aromatic heterocycles. The van der Waals surface area contributed by atoms with E-state index < -0.39 is 5.97 Å². The van der Waals surface area contributed by atoms with Crippen LogP contribution in [0.25, 0.3) is 4.96 Å². The summed E-state index contributed by atoms with van der Waals surface area (Å²) in [7, 11) is 0. The summed E-state index contributed by atoms with van der Waals surface area (Å²) in [4.78, 5) is 16.1. The lowest BCUT2D eigenvalue weighted by Gasteiger charge is -1.91. The number of fused-ring (bicyclic) bond motifs is 1. The fraction of sp³-hybridized carbons (Fsp3) is 0.444. The molecule has 5 nitrogen and oxygen atoms in total. The molecule has 0 radical (unpaired) electrons. The minimum Gasteiger partial charge on any atom is -0.477 e. The molecule has 0 amide bonds. The molecule has 6 heteroatoms. The summed E-state index contributed by atoms with van der Waals surface area (Å²) in [6.45, 7) is 3.81. The molecule has 0 bridgehead atoms. The Bertz CT molecular complexity index is 515. The fourth-order valence-corrected chi connectivity index (χ4v) is 2.33. The Balaban J connectivity index is 2.52. The van der Waals surface area contributed by atoms with Crippen LogP contribution in [0, 0.1) is 6.92 Å². The molecule has 0 saturated heterocycles. The van der Waals surface area contributed by atoms with Gasteiger partial charge in [-0.1, -0.05) is 18.3 Å². The van der Waals surface area contributed by atoms with Crippen LogP contribution in [0.3, 0.4) is 0 Å². The zero-order valence-corrected chi connectivity index (χ0v) is 9.34. The van der Waals surface area contributed by atoms with Gasteiger partial charge in [0.15, 0.2) is 5.82 Å². The van der Waals surface area contributed by atoms with E-state index in [9.17, 15) is 4.79 Å². The standard InChI is InChI=1S/C9H11N3O2S/c1-3-4-6-10-9-12(11-6)5(2)7(15-9)8(13)14/h3-4H2,1-2H3,(H,13,14). The van der Waals surface area contributed by atoms with Crippen LogP contribution in [0.5, 0.6) is 0 Å². The van der Waals surface area contributed by atoms with Gasteiger partial charge >= 0.3 is 5.97 Å².